The molecular weight excluding hydrogens is 224 g/mol. The number of likely N-dealkylation sites (tertiary alicyclic amines) is 1. The zero-order valence-electron chi connectivity index (χ0n) is 9.32. The van der Waals surface area contributed by atoms with Gasteiger partial charge in [-0.25, -0.2) is 0 Å². The van der Waals surface area contributed by atoms with E-state index in [-0.39, 0.29) is 0 Å². The maximum Gasteiger partial charge on any atom is 0.0447 e. The Balaban J connectivity index is 1.60. The number of thiol groups is 1. The summed E-state index contributed by atoms with van der Waals surface area (Å²) in [6.07, 6.45) is 5.30. The van der Waals surface area contributed by atoms with E-state index in [1.807, 2.05) is 0 Å². The van der Waals surface area contributed by atoms with Crippen molar-refractivity contribution in [3.8, 4) is 0 Å². The van der Waals surface area contributed by atoms with Crippen LogP contribution in [0.2, 0.25) is 0 Å². The molecule has 15 heavy (non-hydrogen) atoms. The van der Waals surface area contributed by atoms with Crippen molar-refractivity contribution in [2.45, 2.75) is 36.2 Å². The van der Waals surface area contributed by atoms with Crippen LogP contribution in [0.3, 0.4) is 0 Å². The summed E-state index contributed by atoms with van der Waals surface area (Å²) < 4.78 is 0. The number of piperidine rings is 2. The lowest BCUT2D eigenvalue weighted by atomic mass is 10.1. The minimum absolute atomic E-state index is 0.655. The molecular formula is C11H22N2S2. The molecule has 0 aromatic rings. The molecule has 2 aliphatic heterocycles. The molecule has 2 fully saturated rings. The van der Waals surface area contributed by atoms with Crippen LogP contribution >= 0.6 is 24.4 Å². The molecule has 0 radical (unpaired) electrons. The first-order chi connectivity index (χ1) is 7.34. The van der Waals surface area contributed by atoms with Crippen molar-refractivity contribution in [2.75, 3.05) is 32.1 Å². The fourth-order valence-electron chi connectivity index (χ4n) is 2.22. The average molecular weight is 246 g/mol. The quantitative estimate of drug-likeness (QED) is 0.739. The molecule has 2 heterocycles. The molecule has 2 saturated heterocycles. The molecule has 0 aliphatic carbocycles. The molecule has 1 N–H and O–H groups in total. The molecule has 0 amide bonds. The molecule has 4 heteroatoms. The second-order valence-corrected chi connectivity index (χ2v) is 6.60. The third kappa shape index (κ3) is 4.17. The second kappa shape index (κ2) is 6.38. The second-order valence-electron chi connectivity index (χ2n) is 4.61. The van der Waals surface area contributed by atoms with Crippen molar-refractivity contribution in [3.63, 3.8) is 0 Å². The summed E-state index contributed by atoms with van der Waals surface area (Å²) in [5.41, 5.74) is 0. The molecule has 88 valence electrons. The zero-order valence-corrected chi connectivity index (χ0v) is 11.0. The predicted octanol–water partition coefficient (Wildman–Crippen LogP) is 1.82. The van der Waals surface area contributed by atoms with E-state index in [9.17, 15) is 0 Å². The van der Waals surface area contributed by atoms with Crippen LogP contribution < -0.4 is 5.32 Å². The smallest absolute Gasteiger partial charge is 0.0447 e. The number of nitrogens with zero attached hydrogens (tertiary/aromatic N) is 1. The number of hydrogen-bond acceptors (Lipinski definition) is 4. The number of rotatable bonds is 3. The predicted molar refractivity (Wildman–Crippen MR) is 71.9 cm³/mol. The Morgan fingerprint density at radius 2 is 2.07 bits per heavy atom. The summed E-state index contributed by atoms with van der Waals surface area (Å²) in [7, 11) is 0. The van der Waals surface area contributed by atoms with Gasteiger partial charge in [0.2, 0.25) is 0 Å². The van der Waals surface area contributed by atoms with E-state index in [0.717, 1.165) is 5.25 Å². The van der Waals surface area contributed by atoms with Crippen LogP contribution in [0.15, 0.2) is 0 Å². The average Bonchev–Trinajstić information content (AvgIpc) is 2.30. The number of thioether (sulfide) groups is 1. The van der Waals surface area contributed by atoms with Gasteiger partial charge in [-0.05, 0) is 45.3 Å². The van der Waals surface area contributed by atoms with Gasteiger partial charge in [-0.3, -0.25) is 4.90 Å². The Morgan fingerprint density at radius 1 is 1.27 bits per heavy atom. The first-order valence-electron chi connectivity index (χ1n) is 6.07. The van der Waals surface area contributed by atoms with E-state index in [1.165, 1.54) is 57.7 Å². The van der Waals surface area contributed by atoms with E-state index in [2.05, 4.69) is 34.6 Å². The van der Waals surface area contributed by atoms with Gasteiger partial charge >= 0.3 is 0 Å². The van der Waals surface area contributed by atoms with E-state index < -0.39 is 0 Å². The maximum absolute atomic E-state index is 4.53. The van der Waals surface area contributed by atoms with E-state index >= 15 is 0 Å². The van der Waals surface area contributed by atoms with E-state index in [1.54, 1.807) is 0 Å². The summed E-state index contributed by atoms with van der Waals surface area (Å²) in [6, 6.07) is 0. The minimum Gasteiger partial charge on any atom is -0.316 e. The SMILES string of the molecule is SC1CCN(CSC2CCCNC2)CC1. The highest BCUT2D eigenvalue weighted by Gasteiger charge is 2.18. The van der Waals surface area contributed by atoms with Gasteiger partial charge in [-0.2, -0.15) is 12.6 Å². The first-order valence-corrected chi connectivity index (χ1v) is 7.64. The van der Waals surface area contributed by atoms with Crippen molar-refractivity contribution >= 4 is 24.4 Å². The summed E-state index contributed by atoms with van der Waals surface area (Å²) >= 11 is 6.67. The van der Waals surface area contributed by atoms with Crippen LogP contribution in [-0.2, 0) is 0 Å². The topological polar surface area (TPSA) is 15.3 Å². The van der Waals surface area contributed by atoms with Crippen molar-refractivity contribution in [1.82, 2.24) is 10.2 Å². The molecule has 2 rings (SSSR count). The van der Waals surface area contributed by atoms with Crippen molar-refractivity contribution in [2.24, 2.45) is 0 Å². The van der Waals surface area contributed by atoms with Gasteiger partial charge in [0.05, 0.1) is 0 Å². The van der Waals surface area contributed by atoms with Crippen LogP contribution in [0.4, 0.5) is 0 Å². The van der Waals surface area contributed by atoms with Crippen LogP contribution in [0, 0.1) is 0 Å². The molecule has 2 aliphatic rings. The van der Waals surface area contributed by atoms with Gasteiger partial charge in [0.1, 0.15) is 0 Å². The highest BCUT2D eigenvalue weighted by atomic mass is 32.2. The standard InChI is InChI=1S/C11H22N2S2/c14-10-3-6-13(7-4-10)9-15-11-2-1-5-12-8-11/h10-12,14H,1-9H2. The van der Waals surface area contributed by atoms with Crippen LogP contribution in [0.5, 0.6) is 0 Å². The maximum atomic E-state index is 4.53. The lowest BCUT2D eigenvalue weighted by Gasteiger charge is -2.31. The Hall–Kier alpha value is 0.620. The van der Waals surface area contributed by atoms with Gasteiger partial charge in [0.25, 0.3) is 0 Å². The molecule has 1 unspecified atom stereocenters. The minimum atomic E-state index is 0.655. The lowest BCUT2D eigenvalue weighted by molar-refractivity contribution is 0.271. The van der Waals surface area contributed by atoms with Crippen molar-refractivity contribution in [1.29, 1.82) is 0 Å². The van der Waals surface area contributed by atoms with Crippen LogP contribution in [0.25, 0.3) is 0 Å². The Kier molecular flexibility index (Phi) is 5.14. The molecule has 0 spiro atoms. The Labute approximate surface area is 103 Å². The van der Waals surface area contributed by atoms with Crippen molar-refractivity contribution < 1.29 is 0 Å². The highest BCUT2D eigenvalue weighted by Crippen LogP contribution is 2.22. The lowest BCUT2D eigenvalue weighted by Crippen LogP contribution is -2.36. The number of hydrogen-bond donors (Lipinski definition) is 2. The molecule has 0 aromatic heterocycles. The van der Waals surface area contributed by atoms with E-state index in [4.69, 9.17) is 0 Å². The van der Waals surface area contributed by atoms with Gasteiger partial charge in [0.15, 0.2) is 0 Å². The molecule has 1 atom stereocenters. The van der Waals surface area contributed by atoms with Gasteiger partial charge in [-0.15, -0.1) is 11.8 Å². The summed E-state index contributed by atoms with van der Waals surface area (Å²) in [6.45, 7) is 4.94. The van der Waals surface area contributed by atoms with Gasteiger partial charge in [0, 0.05) is 22.9 Å². The zero-order chi connectivity index (χ0) is 10.5. The summed E-state index contributed by atoms with van der Waals surface area (Å²) in [5.74, 6) is 1.23. The van der Waals surface area contributed by atoms with Crippen LogP contribution in [0.1, 0.15) is 25.7 Å². The van der Waals surface area contributed by atoms with Crippen LogP contribution in [-0.4, -0.2) is 47.5 Å². The Bertz CT molecular complexity index is 175. The summed E-state index contributed by atoms with van der Waals surface area (Å²) in [4.78, 5) is 2.59. The fourth-order valence-corrected chi connectivity index (χ4v) is 3.70. The highest BCUT2D eigenvalue weighted by molar-refractivity contribution is 7.99. The molecule has 0 saturated carbocycles. The van der Waals surface area contributed by atoms with Gasteiger partial charge in [-0.1, -0.05) is 0 Å². The third-order valence-corrected chi connectivity index (χ3v) is 5.21. The molecule has 0 bridgehead atoms. The first kappa shape index (κ1) is 12.1. The number of nitrogens with one attached hydrogen (secondary N) is 1. The van der Waals surface area contributed by atoms with Crippen molar-refractivity contribution in [3.05, 3.63) is 0 Å². The largest absolute Gasteiger partial charge is 0.316 e. The monoisotopic (exact) mass is 246 g/mol. The van der Waals surface area contributed by atoms with E-state index in [0.29, 0.717) is 5.25 Å². The fraction of sp³-hybridized carbons (Fsp3) is 1.00. The molecule has 2 nitrogen and oxygen atoms in total. The summed E-state index contributed by atoms with van der Waals surface area (Å²) in [5, 5.41) is 4.99. The molecule has 0 aromatic carbocycles. The Morgan fingerprint density at radius 3 is 2.73 bits per heavy atom. The normalized spacial score (nSPS) is 30.6. The van der Waals surface area contributed by atoms with Gasteiger partial charge < -0.3 is 5.32 Å². The third-order valence-electron chi connectivity index (χ3n) is 3.30.